The first-order chi connectivity index (χ1) is 7.20. The van der Waals surface area contributed by atoms with Crippen LogP contribution in [-0.2, 0) is 4.79 Å². The highest BCUT2D eigenvalue weighted by Gasteiger charge is 2.16. The molecule has 0 radical (unpaired) electrons. The van der Waals surface area contributed by atoms with Gasteiger partial charge in [-0.2, -0.15) is 0 Å². The Balaban J connectivity index is 2.95. The SMILES string of the molecule is C=CCC[C@H](C=O)c1cccc(F)c1F. The predicted molar refractivity (Wildman–Crippen MR) is 54.6 cm³/mol. The molecule has 0 N–H and O–H groups in total. The van der Waals surface area contributed by atoms with Crippen LogP contribution in [0.25, 0.3) is 0 Å². The van der Waals surface area contributed by atoms with Gasteiger partial charge in [0, 0.05) is 11.5 Å². The van der Waals surface area contributed by atoms with Crippen molar-refractivity contribution in [2.75, 3.05) is 0 Å². The van der Waals surface area contributed by atoms with Gasteiger partial charge in [-0.1, -0.05) is 18.2 Å². The van der Waals surface area contributed by atoms with E-state index in [9.17, 15) is 13.6 Å². The monoisotopic (exact) mass is 210 g/mol. The third-order valence-electron chi connectivity index (χ3n) is 2.23. The van der Waals surface area contributed by atoms with Gasteiger partial charge in [0.1, 0.15) is 6.29 Å². The Kier molecular flexibility index (Phi) is 4.16. The van der Waals surface area contributed by atoms with Crippen molar-refractivity contribution in [2.45, 2.75) is 18.8 Å². The molecule has 0 aliphatic carbocycles. The van der Waals surface area contributed by atoms with Gasteiger partial charge in [0.15, 0.2) is 11.6 Å². The lowest BCUT2D eigenvalue weighted by Crippen LogP contribution is -2.04. The van der Waals surface area contributed by atoms with Gasteiger partial charge in [0.25, 0.3) is 0 Å². The average Bonchev–Trinajstić information content (AvgIpc) is 2.25. The van der Waals surface area contributed by atoms with Crippen molar-refractivity contribution in [3.8, 4) is 0 Å². The number of halogens is 2. The molecular formula is C12H12F2O. The number of aldehydes is 1. The molecule has 0 aliphatic heterocycles. The molecule has 80 valence electrons. The van der Waals surface area contributed by atoms with Crippen molar-refractivity contribution >= 4 is 6.29 Å². The second kappa shape index (κ2) is 5.39. The summed E-state index contributed by atoms with van der Waals surface area (Å²) in [5.41, 5.74) is 0.117. The van der Waals surface area contributed by atoms with Gasteiger partial charge in [0.05, 0.1) is 0 Å². The van der Waals surface area contributed by atoms with Crippen LogP contribution in [0.4, 0.5) is 8.78 Å². The molecule has 1 aromatic carbocycles. The lowest BCUT2D eigenvalue weighted by Gasteiger charge is -2.10. The first kappa shape index (κ1) is 11.6. The van der Waals surface area contributed by atoms with Crippen LogP contribution in [0.5, 0.6) is 0 Å². The molecule has 0 bridgehead atoms. The molecule has 1 atom stereocenters. The molecule has 0 spiro atoms. The Hall–Kier alpha value is -1.51. The fourth-order valence-corrected chi connectivity index (χ4v) is 1.40. The summed E-state index contributed by atoms with van der Waals surface area (Å²) in [6.07, 6.45) is 3.34. The number of rotatable bonds is 5. The van der Waals surface area contributed by atoms with Gasteiger partial charge < -0.3 is 4.79 Å². The molecule has 0 aliphatic rings. The average molecular weight is 210 g/mol. The summed E-state index contributed by atoms with van der Waals surface area (Å²) in [5, 5.41) is 0. The molecule has 0 aromatic heterocycles. The standard InChI is InChI=1S/C12H12F2O/c1-2-3-5-9(8-15)10-6-4-7-11(13)12(10)14/h2,4,6-9H,1,3,5H2/t9-/m1/s1. The molecule has 0 saturated carbocycles. The fraction of sp³-hybridized carbons (Fsp3) is 0.250. The van der Waals surface area contributed by atoms with E-state index in [0.717, 1.165) is 6.07 Å². The van der Waals surface area contributed by atoms with Crippen LogP contribution in [0, 0.1) is 11.6 Å². The topological polar surface area (TPSA) is 17.1 Å². The number of hydrogen-bond donors (Lipinski definition) is 0. The van der Waals surface area contributed by atoms with Crippen molar-refractivity contribution in [2.24, 2.45) is 0 Å². The van der Waals surface area contributed by atoms with E-state index < -0.39 is 17.6 Å². The van der Waals surface area contributed by atoms with Crippen LogP contribution < -0.4 is 0 Å². The molecule has 3 heteroatoms. The van der Waals surface area contributed by atoms with Crippen molar-refractivity contribution in [3.63, 3.8) is 0 Å². The van der Waals surface area contributed by atoms with Gasteiger partial charge in [-0.3, -0.25) is 0 Å². The minimum absolute atomic E-state index is 0.117. The normalized spacial score (nSPS) is 12.1. The van der Waals surface area contributed by atoms with Crippen molar-refractivity contribution in [1.29, 1.82) is 0 Å². The van der Waals surface area contributed by atoms with Gasteiger partial charge in [-0.15, -0.1) is 6.58 Å². The van der Waals surface area contributed by atoms with Gasteiger partial charge in [-0.05, 0) is 18.9 Å². The molecular weight excluding hydrogens is 198 g/mol. The number of carbonyl (C=O) groups excluding carboxylic acids is 1. The van der Waals surface area contributed by atoms with Crippen molar-refractivity contribution < 1.29 is 13.6 Å². The van der Waals surface area contributed by atoms with Gasteiger partial charge in [0.2, 0.25) is 0 Å². The summed E-state index contributed by atoms with van der Waals surface area (Å²) in [6.45, 7) is 3.52. The number of allylic oxidation sites excluding steroid dienone is 1. The maximum Gasteiger partial charge on any atom is 0.162 e. The zero-order valence-corrected chi connectivity index (χ0v) is 8.25. The third kappa shape index (κ3) is 2.72. The van der Waals surface area contributed by atoms with Crippen molar-refractivity contribution in [3.05, 3.63) is 48.1 Å². The Labute approximate surface area is 87.4 Å². The summed E-state index contributed by atoms with van der Waals surface area (Å²) < 4.78 is 26.2. The maximum atomic E-state index is 13.3. The van der Waals surface area contributed by atoms with Crippen LogP contribution in [0.3, 0.4) is 0 Å². The second-order valence-corrected chi connectivity index (χ2v) is 3.25. The Morgan fingerprint density at radius 2 is 2.13 bits per heavy atom. The van der Waals surface area contributed by atoms with Crippen LogP contribution in [0.1, 0.15) is 24.3 Å². The van der Waals surface area contributed by atoms with E-state index in [-0.39, 0.29) is 5.56 Å². The predicted octanol–water partition coefficient (Wildman–Crippen LogP) is 3.21. The van der Waals surface area contributed by atoms with E-state index in [4.69, 9.17) is 0 Å². The number of benzene rings is 1. The smallest absolute Gasteiger partial charge is 0.162 e. The molecule has 1 rings (SSSR count). The van der Waals surface area contributed by atoms with Crippen molar-refractivity contribution in [1.82, 2.24) is 0 Å². The first-order valence-electron chi connectivity index (χ1n) is 4.70. The number of hydrogen-bond acceptors (Lipinski definition) is 1. The fourth-order valence-electron chi connectivity index (χ4n) is 1.40. The molecule has 0 amide bonds. The molecule has 0 heterocycles. The van der Waals surface area contributed by atoms with E-state index in [0.29, 0.717) is 19.1 Å². The second-order valence-electron chi connectivity index (χ2n) is 3.25. The first-order valence-corrected chi connectivity index (χ1v) is 4.70. The minimum Gasteiger partial charge on any atom is -0.303 e. The van der Waals surface area contributed by atoms with E-state index in [1.807, 2.05) is 0 Å². The Bertz CT molecular complexity index is 361. The molecule has 0 saturated heterocycles. The highest BCUT2D eigenvalue weighted by atomic mass is 19.2. The zero-order valence-electron chi connectivity index (χ0n) is 8.25. The molecule has 1 aromatic rings. The summed E-state index contributed by atoms with van der Waals surface area (Å²) in [7, 11) is 0. The van der Waals surface area contributed by atoms with E-state index in [2.05, 4.69) is 6.58 Å². The lowest BCUT2D eigenvalue weighted by molar-refractivity contribution is -0.109. The summed E-state index contributed by atoms with van der Waals surface area (Å²) >= 11 is 0. The zero-order chi connectivity index (χ0) is 11.3. The van der Waals surface area contributed by atoms with E-state index in [1.54, 1.807) is 6.08 Å². The van der Waals surface area contributed by atoms with E-state index in [1.165, 1.54) is 12.1 Å². The third-order valence-corrected chi connectivity index (χ3v) is 2.23. The molecule has 0 fully saturated rings. The van der Waals surface area contributed by atoms with Crippen LogP contribution in [-0.4, -0.2) is 6.29 Å². The highest BCUT2D eigenvalue weighted by Crippen LogP contribution is 2.23. The van der Waals surface area contributed by atoms with Crippen LogP contribution in [0.15, 0.2) is 30.9 Å². The quantitative estimate of drug-likeness (QED) is 0.538. The number of carbonyl (C=O) groups is 1. The minimum atomic E-state index is -0.932. The van der Waals surface area contributed by atoms with Crippen LogP contribution in [0.2, 0.25) is 0 Å². The summed E-state index contributed by atoms with van der Waals surface area (Å²) in [6, 6.07) is 3.87. The Morgan fingerprint density at radius 3 is 2.73 bits per heavy atom. The van der Waals surface area contributed by atoms with Gasteiger partial charge >= 0.3 is 0 Å². The van der Waals surface area contributed by atoms with Gasteiger partial charge in [-0.25, -0.2) is 8.78 Å². The van der Waals surface area contributed by atoms with E-state index >= 15 is 0 Å². The van der Waals surface area contributed by atoms with Crippen LogP contribution >= 0.6 is 0 Å². The maximum absolute atomic E-state index is 13.3. The molecule has 15 heavy (non-hydrogen) atoms. The lowest BCUT2D eigenvalue weighted by atomic mass is 9.95. The summed E-state index contributed by atoms with van der Waals surface area (Å²) in [5.74, 6) is -2.45. The highest BCUT2D eigenvalue weighted by molar-refractivity contribution is 5.62. The molecule has 1 nitrogen and oxygen atoms in total. The molecule has 0 unspecified atom stereocenters. The Morgan fingerprint density at radius 1 is 1.40 bits per heavy atom. The largest absolute Gasteiger partial charge is 0.303 e. The summed E-state index contributed by atoms with van der Waals surface area (Å²) in [4.78, 5) is 10.8.